The van der Waals surface area contributed by atoms with E-state index in [1.54, 1.807) is 27.0 Å². The van der Waals surface area contributed by atoms with Crippen LogP contribution in [0, 0.1) is 24.0 Å². The van der Waals surface area contributed by atoms with Gasteiger partial charge in [-0.15, -0.1) is 0 Å². The van der Waals surface area contributed by atoms with Crippen molar-refractivity contribution >= 4 is 12.2 Å². The van der Waals surface area contributed by atoms with Crippen LogP contribution in [-0.2, 0) is 9.53 Å². The first-order valence-electron chi connectivity index (χ1n) is 4.38. The Labute approximate surface area is 87.4 Å². The Morgan fingerprint density at radius 2 is 2.20 bits per heavy atom. The van der Waals surface area contributed by atoms with Gasteiger partial charge in [-0.3, -0.25) is 14.9 Å². The molecule has 1 aromatic rings. The number of nitrogens with one attached hydrogen (secondary N) is 1. The van der Waals surface area contributed by atoms with Crippen LogP contribution in [0.3, 0.4) is 0 Å². The maximum absolute atomic E-state index is 10.3. The standard InChI is InChI=1S/C6H8N2O2.C3H6O2/c1-4-3-7-5(2)6(4)8(9)10;1-2-5-3-4/h3,7H,1-2H3;3H,2H2,1H3. The van der Waals surface area contributed by atoms with E-state index < -0.39 is 0 Å². The summed E-state index contributed by atoms with van der Waals surface area (Å²) >= 11 is 0. The van der Waals surface area contributed by atoms with E-state index in [4.69, 9.17) is 0 Å². The summed E-state index contributed by atoms with van der Waals surface area (Å²) in [5.74, 6) is 0. The van der Waals surface area contributed by atoms with Crippen LogP contribution >= 0.6 is 0 Å². The summed E-state index contributed by atoms with van der Waals surface area (Å²) in [6, 6.07) is 0. The summed E-state index contributed by atoms with van der Waals surface area (Å²) < 4.78 is 4.15. The summed E-state index contributed by atoms with van der Waals surface area (Å²) in [4.78, 5) is 21.9. The number of hydrogen-bond acceptors (Lipinski definition) is 4. The highest BCUT2D eigenvalue weighted by Gasteiger charge is 2.14. The van der Waals surface area contributed by atoms with Gasteiger partial charge in [0.1, 0.15) is 0 Å². The Morgan fingerprint density at radius 3 is 2.33 bits per heavy atom. The van der Waals surface area contributed by atoms with Crippen LogP contribution < -0.4 is 0 Å². The number of rotatable bonds is 3. The minimum Gasteiger partial charge on any atom is -0.468 e. The molecule has 0 aliphatic rings. The zero-order chi connectivity index (χ0) is 11.8. The fourth-order valence-electron chi connectivity index (χ4n) is 0.998. The quantitative estimate of drug-likeness (QED) is 0.471. The molecule has 0 radical (unpaired) electrons. The molecule has 0 saturated heterocycles. The van der Waals surface area contributed by atoms with Gasteiger partial charge in [-0.25, -0.2) is 0 Å². The van der Waals surface area contributed by atoms with Gasteiger partial charge in [0.25, 0.3) is 12.2 Å². The van der Waals surface area contributed by atoms with Crippen LogP contribution in [0.2, 0.25) is 0 Å². The van der Waals surface area contributed by atoms with Crippen molar-refractivity contribution in [1.29, 1.82) is 0 Å². The zero-order valence-electron chi connectivity index (χ0n) is 8.94. The van der Waals surface area contributed by atoms with E-state index in [-0.39, 0.29) is 10.6 Å². The third-order valence-corrected chi connectivity index (χ3v) is 1.65. The summed E-state index contributed by atoms with van der Waals surface area (Å²) in [7, 11) is 0. The molecule has 0 saturated carbocycles. The van der Waals surface area contributed by atoms with E-state index in [2.05, 4.69) is 9.72 Å². The molecule has 0 atom stereocenters. The first-order chi connectivity index (χ1) is 7.04. The lowest BCUT2D eigenvalue weighted by molar-refractivity contribution is -0.385. The van der Waals surface area contributed by atoms with E-state index in [1.807, 2.05) is 0 Å². The number of aromatic amines is 1. The van der Waals surface area contributed by atoms with Gasteiger partial charge in [-0.1, -0.05) is 0 Å². The molecular formula is C9H14N2O4. The molecular weight excluding hydrogens is 200 g/mol. The Hall–Kier alpha value is -1.85. The Balaban J connectivity index is 0.000000336. The Morgan fingerprint density at radius 1 is 1.60 bits per heavy atom. The molecule has 1 heterocycles. The van der Waals surface area contributed by atoms with Crippen LogP contribution in [0.5, 0.6) is 0 Å². The summed E-state index contributed by atoms with van der Waals surface area (Å²) in [6.07, 6.45) is 1.63. The van der Waals surface area contributed by atoms with Gasteiger partial charge < -0.3 is 9.72 Å². The average molecular weight is 214 g/mol. The van der Waals surface area contributed by atoms with Gasteiger partial charge in [-0.05, 0) is 20.8 Å². The minimum absolute atomic E-state index is 0.194. The maximum Gasteiger partial charge on any atom is 0.293 e. The van der Waals surface area contributed by atoms with E-state index in [9.17, 15) is 14.9 Å². The number of nitro groups is 1. The largest absolute Gasteiger partial charge is 0.468 e. The molecule has 0 aliphatic heterocycles. The SMILES string of the molecule is CCOC=O.Cc1c[nH]c(C)c1[N+](=O)[O-]. The molecule has 15 heavy (non-hydrogen) atoms. The third kappa shape index (κ3) is 4.26. The summed E-state index contributed by atoms with van der Waals surface area (Å²) in [6.45, 7) is 6.06. The topological polar surface area (TPSA) is 85.2 Å². The molecule has 6 heteroatoms. The number of H-pyrrole nitrogens is 1. The second-order valence-corrected chi connectivity index (χ2v) is 2.75. The van der Waals surface area contributed by atoms with Gasteiger partial charge in [0.05, 0.1) is 17.2 Å². The van der Waals surface area contributed by atoms with Gasteiger partial charge in [-0.2, -0.15) is 0 Å². The number of carbonyl (C=O) groups is 1. The van der Waals surface area contributed by atoms with Crippen LogP contribution in [-0.4, -0.2) is 23.0 Å². The fraction of sp³-hybridized carbons (Fsp3) is 0.444. The van der Waals surface area contributed by atoms with Crippen molar-refractivity contribution in [3.8, 4) is 0 Å². The first kappa shape index (κ1) is 13.2. The number of aromatic nitrogens is 1. The normalized spacial score (nSPS) is 8.73. The van der Waals surface area contributed by atoms with Crippen molar-refractivity contribution in [1.82, 2.24) is 4.98 Å². The van der Waals surface area contributed by atoms with Crippen molar-refractivity contribution in [3.05, 3.63) is 27.6 Å². The van der Waals surface area contributed by atoms with E-state index in [1.165, 1.54) is 0 Å². The van der Waals surface area contributed by atoms with Crippen molar-refractivity contribution in [2.75, 3.05) is 6.61 Å². The second-order valence-electron chi connectivity index (χ2n) is 2.75. The molecule has 0 bridgehead atoms. The molecule has 0 fully saturated rings. The molecule has 0 spiro atoms. The number of nitrogens with zero attached hydrogens (tertiary/aromatic N) is 1. The highest BCUT2D eigenvalue weighted by Crippen LogP contribution is 2.20. The number of carbonyl (C=O) groups excluding carboxylic acids is 1. The van der Waals surface area contributed by atoms with Crippen molar-refractivity contribution in [2.45, 2.75) is 20.8 Å². The van der Waals surface area contributed by atoms with Crippen molar-refractivity contribution < 1.29 is 14.5 Å². The van der Waals surface area contributed by atoms with Gasteiger partial charge in [0.2, 0.25) is 0 Å². The molecule has 6 nitrogen and oxygen atoms in total. The average Bonchev–Trinajstić information content (AvgIpc) is 2.48. The predicted molar refractivity (Wildman–Crippen MR) is 54.6 cm³/mol. The number of ether oxygens (including phenoxy) is 1. The monoisotopic (exact) mass is 214 g/mol. The molecule has 0 aliphatic carbocycles. The molecule has 1 aromatic heterocycles. The number of hydrogen-bond donors (Lipinski definition) is 1. The molecule has 84 valence electrons. The zero-order valence-corrected chi connectivity index (χ0v) is 8.94. The Bertz CT molecular complexity index is 313. The van der Waals surface area contributed by atoms with Crippen LogP contribution in [0.15, 0.2) is 6.20 Å². The fourth-order valence-corrected chi connectivity index (χ4v) is 0.998. The van der Waals surface area contributed by atoms with Gasteiger partial charge in [0, 0.05) is 11.8 Å². The van der Waals surface area contributed by atoms with Crippen molar-refractivity contribution in [3.63, 3.8) is 0 Å². The predicted octanol–water partition coefficient (Wildman–Crippen LogP) is 1.72. The summed E-state index contributed by atoms with van der Waals surface area (Å²) in [5.41, 5.74) is 1.49. The third-order valence-electron chi connectivity index (χ3n) is 1.65. The highest BCUT2D eigenvalue weighted by molar-refractivity contribution is 5.42. The minimum atomic E-state index is -0.374. The van der Waals surface area contributed by atoms with Crippen LogP contribution in [0.4, 0.5) is 5.69 Å². The van der Waals surface area contributed by atoms with Crippen LogP contribution in [0.25, 0.3) is 0 Å². The second kappa shape index (κ2) is 6.58. The van der Waals surface area contributed by atoms with E-state index >= 15 is 0 Å². The molecule has 0 unspecified atom stereocenters. The summed E-state index contributed by atoms with van der Waals surface area (Å²) in [5, 5.41) is 10.3. The first-order valence-corrected chi connectivity index (χ1v) is 4.38. The van der Waals surface area contributed by atoms with E-state index in [0.29, 0.717) is 24.3 Å². The Kier molecular flexibility index (Phi) is 5.77. The number of aryl methyl sites for hydroxylation is 2. The molecule has 1 N–H and O–H groups in total. The van der Waals surface area contributed by atoms with Gasteiger partial charge in [0.15, 0.2) is 0 Å². The van der Waals surface area contributed by atoms with Crippen LogP contribution in [0.1, 0.15) is 18.2 Å². The molecule has 0 amide bonds. The lowest BCUT2D eigenvalue weighted by atomic mass is 10.3. The smallest absolute Gasteiger partial charge is 0.293 e. The highest BCUT2D eigenvalue weighted by atomic mass is 16.6. The van der Waals surface area contributed by atoms with Crippen molar-refractivity contribution in [2.24, 2.45) is 0 Å². The molecule has 0 aromatic carbocycles. The molecule has 1 rings (SSSR count). The van der Waals surface area contributed by atoms with E-state index in [0.717, 1.165) is 0 Å². The van der Waals surface area contributed by atoms with Gasteiger partial charge >= 0.3 is 0 Å². The lowest BCUT2D eigenvalue weighted by Crippen LogP contribution is -1.89. The lowest BCUT2D eigenvalue weighted by Gasteiger charge is -1.87. The maximum atomic E-state index is 10.3.